The summed E-state index contributed by atoms with van der Waals surface area (Å²) < 4.78 is 0. The number of carbonyl (C=O) groups is 1. The van der Waals surface area contributed by atoms with E-state index in [0.717, 1.165) is 32.2 Å². The average Bonchev–Trinajstić information content (AvgIpc) is 2.74. The Balaban J connectivity index is 2.38. The topological polar surface area (TPSA) is 61.4 Å². The maximum Gasteiger partial charge on any atom is 0.240 e. The van der Waals surface area contributed by atoms with Crippen LogP contribution < -0.4 is 10.6 Å². The molecule has 1 amide bonds. The summed E-state index contributed by atoms with van der Waals surface area (Å²) in [6, 6.07) is 0. The Labute approximate surface area is 104 Å². The van der Waals surface area contributed by atoms with Crippen LogP contribution in [0.4, 0.5) is 0 Å². The smallest absolute Gasteiger partial charge is 0.240 e. The fourth-order valence-corrected chi connectivity index (χ4v) is 2.47. The highest BCUT2D eigenvalue weighted by Crippen LogP contribution is 2.23. The maximum absolute atomic E-state index is 12.1. The van der Waals surface area contributed by atoms with E-state index in [4.69, 9.17) is 0 Å². The summed E-state index contributed by atoms with van der Waals surface area (Å²) >= 11 is 0. The molecule has 0 radical (unpaired) electrons. The van der Waals surface area contributed by atoms with Crippen molar-refractivity contribution in [2.24, 2.45) is 5.92 Å². The number of nitrogens with one attached hydrogen (secondary N) is 2. The van der Waals surface area contributed by atoms with Gasteiger partial charge in [-0.3, -0.25) is 4.79 Å². The van der Waals surface area contributed by atoms with Crippen LogP contribution in [0.25, 0.3) is 0 Å². The zero-order valence-electron chi connectivity index (χ0n) is 11.3. The van der Waals surface area contributed by atoms with Crippen LogP contribution >= 0.6 is 0 Å². The highest BCUT2D eigenvalue weighted by Gasteiger charge is 2.38. The van der Waals surface area contributed by atoms with Gasteiger partial charge < -0.3 is 15.7 Å². The van der Waals surface area contributed by atoms with Crippen LogP contribution in [0.5, 0.6) is 0 Å². The minimum atomic E-state index is -0.436. The summed E-state index contributed by atoms with van der Waals surface area (Å²) in [6.07, 6.45) is 3.05. The molecule has 1 heterocycles. The van der Waals surface area contributed by atoms with E-state index in [1.54, 1.807) is 0 Å². The molecular weight excluding hydrogens is 216 g/mol. The second-order valence-corrected chi connectivity index (χ2v) is 5.46. The van der Waals surface area contributed by atoms with Gasteiger partial charge in [0, 0.05) is 6.54 Å². The molecule has 17 heavy (non-hydrogen) atoms. The molecule has 1 rings (SSSR count). The highest BCUT2D eigenvalue weighted by molar-refractivity contribution is 5.86. The Bertz CT molecular complexity index is 248. The van der Waals surface area contributed by atoms with Crippen LogP contribution in [0.15, 0.2) is 0 Å². The van der Waals surface area contributed by atoms with Crippen molar-refractivity contribution in [1.29, 1.82) is 0 Å². The molecule has 0 bridgehead atoms. The first-order chi connectivity index (χ1) is 8.00. The van der Waals surface area contributed by atoms with Gasteiger partial charge in [-0.2, -0.15) is 0 Å². The lowest BCUT2D eigenvalue weighted by molar-refractivity contribution is -0.127. The largest absolute Gasteiger partial charge is 0.391 e. The van der Waals surface area contributed by atoms with Crippen molar-refractivity contribution in [2.75, 3.05) is 13.1 Å². The SMILES string of the molecule is CCC1(C(=O)NCC(O)CC(C)C)CCCN1. The minimum absolute atomic E-state index is 0.0420. The molecule has 0 spiro atoms. The molecule has 0 aromatic heterocycles. The van der Waals surface area contributed by atoms with Gasteiger partial charge in [0.1, 0.15) is 0 Å². The van der Waals surface area contributed by atoms with Gasteiger partial charge in [0.15, 0.2) is 0 Å². The molecule has 2 unspecified atom stereocenters. The Hall–Kier alpha value is -0.610. The minimum Gasteiger partial charge on any atom is -0.391 e. The highest BCUT2D eigenvalue weighted by atomic mass is 16.3. The molecule has 0 aliphatic carbocycles. The van der Waals surface area contributed by atoms with Gasteiger partial charge in [0.05, 0.1) is 11.6 Å². The Morgan fingerprint density at radius 3 is 2.71 bits per heavy atom. The molecule has 1 saturated heterocycles. The monoisotopic (exact) mass is 242 g/mol. The summed E-state index contributed by atoms with van der Waals surface area (Å²) in [7, 11) is 0. The molecule has 1 aliphatic rings. The van der Waals surface area contributed by atoms with Crippen LogP contribution in [-0.4, -0.2) is 35.7 Å². The van der Waals surface area contributed by atoms with E-state index in [1.165, 1.54) is 0 Å². The second-order valence-electron chi connectivity index (χ2n) is 5.46. The molecule has 0 aromatic carbocycles. The second kappa shape index (κ2) is 6.36. The third-order valence-electron chi connectivity index (χ3n) is 3.52. The van der Waals surface area contributed by atoms with Gasteiger partial charge in [-0.1, -0.05) is 20.8 Å². The number of aliphatic hydroxyl groups is 1. The maximum atomic E-state index is 12.1. The first-order valence-corrected chi connectivity index (χ1v) is 6.71. The van der Waals surface area contributed by atoms with Gasteiger partial charge in [0.2, 0.25) is 5.91 Å². The fourth-order valence-electron chi connectivity index (χ4n) is 2.47. The standard InChI is InChI=1S/C13H26N2O2/c1-4-13(6-5-7-15-13)12(17)14-9-11(16)8-10(2)3/h10-11,15-16H,4-9H2,1-3H3,(H,14,17). The lowest BCUT2D eigenvalue weighted by Crippen LogP contribution is -2.54. The van der Waals surface area contributed by atoms with Crippen LogP contribution in [0.1, 0.15) is 46.5 Å². The van der Waals surface area contributed by atoms with Crippen LogP contribution in [-0.2, 0) is 4.79 Å². The van der Waals surface area contributed by atoms with Gasteiger partial charge >= 0.3 is 0 Å². The number of rotatable bonds is 6. The van der Waals surface area contributed by atoms with Gasteiger partial charge in [-0.25, -0.2) is 0 Å². The molecule has 0 saturated carbocycles. The normalized spacial score (nSPS) is 26.2. The molecule has 0 aromatic rings. The Morgan fingerprint density at radius 2 is 2.24 bits per heavy atom. The van der Waals surface area contributed by atoms with Crippen molar-refractivity contribution in [1.82, 2.24) is 10.6 Å². The Morgan fingerprint density at radius 1 is 1.53 bits per heavy atom. The molecule has 4 heteroatoms. The third kappa shape index (κ3) is 3.96. The first kappa shape index (κ1) is 14.5. The molecule has 100 valence electrons. The molecule has 2 atom stereocenters. The van der Waals surface area contributed by atoms with Gasteiger partial charge in [-0.05, 0) is 38.1 Å². The van der Waals surface area contributed by atoms with Crippen molar-refractivity contribution in [3.8, 4) is 0 Å². The quantitative estimate of drug-likeness (QED) is 0.652. The predicted molar refractivity (Wildman–Crippen MR) is 68.7 cm³/mol. The predicted octanol–water partition coefficient (Wildman–Crippen LogP) is 1.04. The first-order valence-electron chi connectivity index (χ1n) is 6.71. The van der Waals surface area contributed by atoms with E-state index < -0.39 is 11.6 Å². The molecular formula is C13H26N2O2. The third-order valence-corrected chi connectivity index (χ3v) is 3.52. The lowest BCUT2D eigenvalue weighted by atomic mass is 9.93. The number of hydrogen-bond acceptors (Lipinski definition) is 3. The van der Waals surface area contributed by atoms with E-state index in [0.29, 0.717) is 12.5 Å². The average molecular weight is 242 g/mol. The van der Waals surface area contributed by atoms with Crippen molar-refractivity contribution in [2.45, 2.75) is 58.1 Å². The summed E-state index contributed by atoms with van der Waals surface area (Å²) in [6.45, 7) is 7.44. The zero-order chi connectivity index (χ0) is 12.9. The molecule has 4 nitrogen and oxygen atoms in total. The van der Waals surface area contributed by atoms with Crippen LogP contribution in [0, 0.1) is 5.92 Å². The van der Waals surface area contributed by atoms with Crippen molar-refractivity contribution in [3.63, 3.8) is 0 Å². The van der Waals surface area contributed by atoms with Crippen LogP contribution in [0.3, 0.4) is 0 Å². The summed E-state index contributed by atoms with van der Waals surface area (Å²) in [5, 5.41) is 15.9. The Kier molecular flexibility index (Phi) is 5.40. The van der Waals surface area contributed by atoms with E-state index in [9.17, 15) is 9.90 Å². The van der Waals surface area contributed by atoms with Crippen molar-refractivity contribution >= 4 is 5.91 Å². The van der Waals surface area contributed by atoms with Gasteiger partial charge in [0.25, 0.3) is 0 Å². The van der Waals surface area contributed by atoms with Crippen molar-refractivity contribution in [3.05, 3.63) is 0 Å². The number of carbonyl (C=O) groups excluding carboxylic acids is 1. The van der Waals surface area contributed by atoms with E-state index in [2.05, 4.69) is 24.5 Å². The fraction of sp³-hybridized carbons (Fsp3) is 0.923. The van der Waals surface area contributed by atoms with Gasteiger partial charge in [-0.15, -0.1) is 0 Å². The summed E-state index contributed by atoms with van der Waals surface area (Å²) in [5.74, 6) is 0.493. The number of aliphatic hydroxyl groups excluding tert-OH is 1. The van der Waals surface area contributed by atoms with Crippen molar-refractivity contribution < 1.29 is 9.90 Å². The lowest BCUT2D eigenvalue weighted by Gasteiger charge is -2.27. The van der Waals surface area contributed by atoms with E-state index in [-0.39, 0.29) is 5.91 Å². The molecule has 1 fully saturated rings. The van der Waals surface area contributed by atoms with Crippen LogP contribution in [0.2, 0.25) is 0 Å². The number of hydrogen-bond donors (Lipinski definition) is 3. The summed E-state index contributed by atoms with van der Waals surface area (Å²) in [5.41, 5.74) is -0.391. The van der Waals surface area contributed by atoms with E-state index >= 15 is 0 Å². The molecule has 3 N–H and O–H groups in total. The summed E-state index contributed by atoms with van der Waals surface area (Å²) in [4.78, 5) is 12.1. The van der Waals surface area contributed by atoms with E-state index in [1.807, 2.05) is 6.92 Å². The zero-order valence-corrected chi connectivity index (χ0v) is 11.3. The number of amides is 1. The molecule has 1 aliphatic heterocycles.